The van der Waals surface area contributed by atoms with Gasteiger partial charge in [0.15, 0.2) is 5.84 Å². The molecule has 0 saturated heterocycles. The number of halogens is 1. The summed E-state index contributed by atoms with van der Waals surface area (Å²) in [6.07, 6.45) is 0. The van der Waals surface area contributed by atoms with Crippen molar-refractivity contribution in [3.05, 3.63) is 44.8 Å². The average Bonchev–Trinajstić information content (AvgIpc) is 2.90. The van der Waals surface area contributed by atoms with Gasteiger partial charge in [0.1, 0.15) is 0 Å². The summed E-state index contributed by atoms with van der Waals surface area (Å²) in [5, 5.41) is 13.9. The SMILES string of the molecule is CN(Cc1cscn1)c1cc(Br)ccc1/C(N)=N/O. The molecule has 0 radical (unpaired) electrons. The van der Waals surface area contributed by atoms with Crippen molar-refractivity contribution in [3.63, 3.8) is 0 Å². The van der Waals surface area contributed by atoms with Gasteiger partial charge in [0.2, 0.25) is 0 Å². The highest BCUT2D eigenvalue weighted by atomic mass is 79.9. The van der Waals surface area contributed by atoms with Gasteiger partial charge in [-0.1, -0.05) is 21.1 Å². The van der Waals surface area contributed by atoms with Crippen LogP contribution in [0.25, 0.3) is 0 Å². The summed E-state index contributed by atoms with van der Waals surface area (Å²) < 4.78 is 0.933. The molecule has 0 aliphatic carbocycles. The Morgan fingerprint density at radius 3 is 3.00 bits per heavy atom. The Morgan fingerprint density at radius 1 is 1.58 bits per heavy atom. The van der Waals surface area contributed by atoms with Crippen molar-refractivity contribution in [2.24, 2.45) is 10.9 Å². The first kappa shape index (κ1) is 13.8. The number of nitrogens with two attached hydrogens (primary N) is 1. The minimum atomic E-state index is 0.0904. The molecule has 0 unspecified atom stereocenters. The van der Waals surface area contributed by atoms with Crippen LogP contribution in [0.15, 0.2) is 38.7 Å². The summed E-state index contributed by atoms with van der Waals surface area (Å²) in [5.74, 6) is 0.0904. The van der Waals surface area contributed by atoms with Gasteiger partial charge in [0, 0.05) is 28.2 Å². The molecule has 1 aromatic carbocycles. The van der Waals surface area contributed by atoms with Crippen LogP contribution in [0.3, 0.4) is 0 Å². The van der Waals surface area contributed by atoms with Crippen LogP contribution in [0.5, 0.6) is 0 Å². The van der Waals surface area contributed by atoms with Gasteiger partial charge < -0.3 is 15.8 Å². The van der Waals surface area contributed by atoms with E-state index in [0.29, 0.717) is 12.1 Å². The third-order valence-corrected chi connectivity index (χ3v) is 3.77. The number of benzene rings is 1. The second-order valence-corrected chi connectivity index (χ2v) is 5.62. The van der Waals surface area contributed by atoms with Crippen LogP contribution in [0.4, 0.5) is 5.69 Å². The molecule has 5 nitrogen and oxygen atoms in total. The van der Waals surface area contributed by atoms with Gasteiger partial charge in [0.05, 0.1) is 17.7 Å². The van der Waals surface area contributed by atoms with Crippen LogP contribution in [0.1, 0.15) is 11.3 Å². The summed E-state index contributed by atoms with van der Waals surface area (Å²) in [4.78, 5) is 6.26. The molecular formula is C12H13BrN4OS. The predicted molar refractivity (Wildman–Crippen MR) is 80.9 cm³/mol. The van der Waals surface area contributed by atoms with E-state index < -0.39 is 0 Å². The minimum Gasteiger partial charge on any atom is -0.409 e. The van der Waals surface area contributed by atoms with Gasteiger partial charge in [-0.25, -0.2) is 4.98 Å². The average molecular weight is 341 g/mol. The Morgan fingerprint density at radius 2 is 2.37 bits per heavy atom. The van der Waals surface area contributed by atoms with E-state index in [1.54, 1.807) is 16.8 Å². The number of oxime groups is 1. The van der Waals surface area contributed by atoms with Crippen LogP contribution >= 0.6 is 27.3 Å². The van der Waals surface area contributed by atoms with Crippen molar-refractivity contribution in [2.75, 3.05) is 11.9 Å². The number of hydrogen-bond donors (Lipinski definition) is 2. The molecule has 0 amide bonds. The lowest BCUT2D eigenvalue weighted by Gasteiger charge is -2.21. The van der Waals surface area contributed by atoms with Crippen LogP contribution in [-0.4, -0.2) is 23.1 Å². The number of thiazole rings is 1. The summed E-state index contributed by atoms with van der Waals surface area (Å²) >= 11 is 4.99. The first-order valence-electron chi connectivity index (χ1n) is 5.47. The van der Waals surface area contributed by atoms with E-state index in [-0.39, 0.29) is 5.84 Å². The third kappa shape index (κ3) is 3.24. The molecule has 0 fully saturated rings. The lowest BCUT2D eigenvalue weighted by atomic mass is 10.1. The Bertz CT molecular complexity index is 585. The molecule has 0 bridgehead atoms. The topological polar surface area (TPSA) is 74.7 Å². The van der Waals surface area contributed by atoms with Crippen molar-refractivity contribution < 1.29 is 5.21 Å². The van der Waals surface area contributed by atoms with Crippen molar-refractivity contribution in [3.8, 4) is 0 Å². The van der Waals surface area contributed by atoms with E-state index >= 15 is 0 Å². The van der Waals surface area contributed by atoms with E-state index in [0.717, 1.165) is 15.9 Å². The lowest BCUT2D eigenvalue weighted by Crippen LogP contribution is -2.22. The number of anilines is 1. The fraction of sp³-hybridized carbons (Fsp3) is 0.167. The standard InChI is InChI=1S/C12H13BrN4OS/c1-17(5-9-6-19-7-15-9)11-4-8(13)2-3-10(11)12(14)16-18/h2-4,6-7,18H,5H2,1H3,(H2,14,16). The Balaban J connectivity index is 2.34. The fourth-order valence-electron chi connectivity index (χ4n) is 1.73. The molecule has 0 spiro atoms. The molecule has 100 valence electrons. The Kier molecular flexibility index (Phi) is 4.39. The second-order valence-electron chi connectivity index (χ2n) is 3.98. The van der Waals surface area contributed by atoms with Crippen LogP contribution in [-0.2, 0) is 6.54 Å². The van der Waals surface area contributed by atoms with E-state index in [4.69, 9.17) is 10.9 Å². The van der Waals surface area contributed by atoms with Gasteiger partial charge in [-0.3, -0.25) is 0 Å². The molecule has 0 aliphatic heterocycles. The molecular weight excluding hydrogens is 328 g/mol. The largest absolute Gasteiger partial charge is 0.409 e. The third-order valence-electron chi connectivity index (χ3n) is 2.64. The highest BCUT2D eigenvalue weighted by molar-refractivity contribution is 9.10. The van der Waals surface area contributed by atoms with Gasteiger partial charge in [0.25, 0.3) is 0 Å². The monoisotopic (exact) mass is 340 g/mol. The van der Waals surface area contributed by atoms with E-state index in [1.165, 1.54) is 0 Å². The quantitative estimate of drug-likeness (QED) is 0.388. The summed E-state index contributed by atoms with van der Waals surface area (Å²) in [6, 6.07) is 5.60. The molecule has 0 aliphatic rings. The van der Waals surface area contributed by atoms with E-state index in [9.17, 15) is 0 Å². The Hall–Kier alpha value is -1.60. The van der Waals surface area contributed by atoms with Gasteiger partial charge in [-0.2, -0.15) is 0 Å². The minimum absolute atomic E-state index is 0.0904. The fourth-order valence-corrected chi connectivity index (χ4v) is 2.63. The number of nitrogens with zero attached hydrogens (tertiary/aromatic N) is 3. The lowest BCUT2D eigenvalue weighted by molar-refractivity contribution is 0.318. The van der Waals surface area contributed by atoms with E-state index in [2.05, 4.69) is 26.1 Å². The summed E-state index contributed by atoms with van der Waals surface area (Å²) in [5.41, 5.74) is 10.0. The molecule has 0 atom stereocenters. The zero-order valence-corrected chi connectivity index (χ0v) is 12.6. The molecule has 19 heavy (non-hydrogen) atoms. The van der Waals surface area contributed by atoms with Crippen molar-refractivity contribution in [2.45, 2.75) is 6.54 Å². The number of aromatic nitrogens is 1. The van der Waals surface area contributed by atoms with Crippen molar-refractivity contribution >= 4 is 38.8 Å². The maximum Gasteiger partial charge on any atom is 0.172 e. The van der Waals surface area contributed by atoms with E-state index in [1.807, 2.05) is 35.5 Å². The molecule has 0 saturated carbocycles. The Labute approximate surface area is 123 Å². The number of rotatable bonds is 4. The van der Waals surface area contributed by atoms with Crippen molar-refractivity contribution in [1.82, 2.24) is 4.98 Å². The highest BCUT2D eigenvalue weighted by Gasteiger charge is 2.12. The maximum absolute atomic E-state index is 8.84. The molecule has 2 rings (SSSR count). The molecule has 1 aromatic heterocycles. The number of amidine groups is 1. The van der Waals surface area contributed by atoms with Gasteiger partial charge in [-0.05, 0) is 18.2 Å². The predicted octanol–water partition coefficient (Wildman–Crippen LogP) is 2.64. The molecule has 7 heteroatoms. The summed E-state index contributed by atoms with van der Waals surface area (Å²) in [6.45, 7) is 0.658. The molecule has 1 heterocycles. The number of hydrogen-bond acceptors (Lipinski definition) is 5. The maximum atomic E-state index is 8.84. The summed E-state index contributed by atoms with van der Waals surface area (Å²) in [7, 11) is 1.94. The van der Waals surface area contributed by atoms with Crippen molar-refractivity contribution in [1.29, 1.82) is 0 Å². The normalized spacial score (nSPS) is 11.6. The zero-order chi connectivity index (χ0) is 13.8. The highest BCUT2D eigenvalue weighted by Crippen LogP contribution is 2.25. The second kappa shape index (κ2) is 6.03. The van der Waals surface area contributed by atoms with Gasteiger partial charge >= 0.3 is 0 Å². The first-order valence-corrected chi connectivity index (χ1v) is 7.21. The van der Waals surface area contributed by atoms with Crippen LogP contribution in [0.2, 0.25) is 0 Å². The zero-order valence-electron chi connectivity index (χ0n) is 10.2. The smallest absolute Gasteiger partial charge is 0.172 e. The van der Waals surface area contributed by atoms with Crippen LogP contribution in [0, 0.1) is 0 Å². The molecule has 3 N–H and O–H groups in total. The van der Waals surface area contributed by atoms with Crippen LogP contribution < -0.4 is 10.6 Å². The molecule has 2 aromatic rings. The first-order chi connectivity index (χ1) is 9.11. The van der Waals surface area contributed by atoms with Gasteiger partial charge in [-0.15, -0.1) is 11.3 Å².